The van der Waals surface area contributed by atoms with Gasteiger partial charge in [-0.1, -0.05) is 0 Å². The largest absolute Gasteiger partial charge is 0.368 e. The van der Waals surface area contributed by atoms with Gasteiger partial charge in [-0.25, -0.2) is 9.97 Å². The van der Waals surface area contributed by atoms with Gasteiger partial charge in [-0.3, -0.25) is 4.98 Å². The zero-order valence-corrected chi connectivity index (χ0v) is 13.6. The van der Waals surface area contributed by atoms with Crippen LogP contribution in [0, 0.1) is 0 Å². The summed E-state index contributed by atoms with van der Waals surface area (Å²) in [6.45, 7) is 1.01. The molecule has 1 fully saturated rings. The Hall–Kier alpha value is -1.62. The molecule has 2 heterocycles. The quantitative estimate of drug-likeness (QED) is 0.917. The molecule has 2 aromatic rings. The van der Waals surface area contributed by atoms with Crippen molar-refractivity contribution in [1.82, 2.24) is 15.0 Å². The van der Waals surface area contributed by atoms with Crippen LogP contribution in [0.5, 0.6) is 0 Å². The van der Waals surface area contributed by atoms with Crippen molar-refractivity contribution in [2.24, 2.45) is 0 Å². The maximum absolute atomic E-state index is 4.82. The van der Waals surface area contributed by atoms with Gasteiger partial charge in [0.05, 0.1) is 0 Å². The summed E-state index contributed by atoms with van der Waals surface area (Å²) < 4.78 is 0.438. The molecule has 0 unspecified atom stereocenters. The SMILES string of the molecule is CSC1(CNc2nc(-c3ccncc3)nc3c2CCC3)CC1. The molecule has 0 amide bonds. The molecule has 4 rings (SSSR count). The maximum atomic E-state index is 4.82. The Kier molecular flexibility index (Phi) is 3.53. The molecule has 2 aliphatic rings. The second kappa shape index (κ2) is 5.54. The Morgan fingerprint density at radius 1 is 1.18 bits per heavy atom. The molecule has 0 atom stereocenters. The van der Waals surface area contributed by atoms with Crippen LogP contribution in [-0.4, -0.2) is 32.5 Å². The number of nitrogens with one attached hydrogen (secondary N) is 1. The number of anilines is 1. The van der Waals surface area contributed by atoms with Crippen molar-refractivity contribution in [2.75, 3.05) is 18.1 Å². The first-order valence-electron chi connectivity index (χ1n) is 7.89. The van der Waals surface area contributed by atoms with Crippen LogP contribution in [0.1, 0.15) is 30.5 Å². The molecule has 2 aliphatic carbocycles. The van der Waals surface area contributed by atoms with E-state index >= 15 is 0 Å². The number of hydrogen-bond donors (Lipinski definition) is 1. The highest BCUT2D eigenvalue weighted by Crippen LogP contribution is 2.47. The Morgan fingerprint density at radius 2 is 2.00 bits per heavy atom. The van der Waals surface area contributed by atoms with Crippen molar-refractivity contribution in [3.05, 3.63) is 35.8 Å². The molecule has 5 heteroatoms. The van der Waals surface area contributed by atoms with Crippen LogP contribution in [0.3, 0.4) is 0 Å². The lowest BCUT2D eigenvalue weighted by molar-refractivity contribution is 0.898. The fraction of sp³-hybridized carbons (Fsp3) is 0.471. The van der Waals surface area contributed by atoms with Gasteiger partial charge >= 0.3 is 0 Å². The highest BCUT2D eigenvalue weighted by molar-refractivity contribution is 8.00. The summed E-state index contributed by atoms with van der Waals surface area (Å²) >= 11 is 1.98. The molecule has 0 saturated heterocycles. The number of rotatable bonds is 5. The third kappa shape index (κ3) is 2.58. The molecular weight excluding hydrogens is 292 g/mol. The van der Waals surface area contributed by atoms with E-state index in [4.69, 9.17) is 9.97 Å². The van der Waals surface area contributed by atoms with Crippen LogP contribution in [0.25, 0.3) is 11.4 Å². The van der Waals surface area contributed by atoms with E-state index in [1.165, 1.54) is 30.5 Å². The van der Waals surface area contributed by atoms with Crippen LogP contribution < -0.4 is 5.32 Å². The van der Waals surface area contributed by atoms with Gasteiger partial charge in [0.1, 0.15) is 5.82 Å². The van der Waals surface area contributed by atoms with Crippen LogP contribution in [-0.2, 0) is 12.8 Å². The molecule has 2 aromatic heterocycles. The Bertz CT molecular complexity index is 683. The molecule has 1 saturated carbocycles. The predicted molar refractivity (Wildman–Crippen MR) is 91.3 cm³/mol. The van der Waals surface area contributed by atoms with E-state index in [9.17, 15) is 0 Å². The minimum Gasteiger partial charge on any atom is -0.368 e. The summed E-state index contributed by atoms with van der Waals surface area (Å²) in [5.74, 6) is 1.87. The van der Waals surface area contributed by atoms with Gasteiger partial charge in [-0.15, -0.1) is 0 Å². The summed E-state index contributed by atoms with van der Waals surface area (Å²) in [7, 11) is 0. The van der Waals surface area contributed by atoms with E-state index in [1.807, 2.05) is 23.9 Å². The molecule has 0 radical (unpaired) electrons. The lowest BCUT2D eigenvalue weighted by Crippen LogP contribution is -2.19. The second-order valence-corrected chi connectivity index (χ2v) is 7.43. The van der Waals surface area contributed by atoms with E-state index in [2.05, 4.69) is 16.6 Å². The van der Waals surface area contributed by atoms with Crippen molar-refractivity contribution < 1.29 is 0 Å². The minimum atomic E-state index is 0.438. The van der Waals surface area contributed by atoms with Crippen LogP contribution in [0.2, 0.25) is 0 Å². The van der Waals surface area contributed by atoms with E-state index in [0.717, 1.165) is 36.6 Å². The summed E-state index contributed by atoms with van der Waals surface area (Å²) in [6.07, 6.45) is 11.8. The van der Waals surface area contributed by atoms with Crippen molar-refractivity contribution in [3.8, 4) is 11.4 Å². The monoisotopic (exact) mass is 312 g/mol. The lowest BCUT2D eigenvalue weighted by atomic mass is 10.2. The number of pyridine rings is 1. The Balaban J connectivity index is 1.66. The average Bonchev–Trinajstić information content (AvgIpc) is 3.20. The smallest absolute Gasteiger partial charge is 0.161 e. The standard InChI is InChI=1S/C17H20N4S/c1-22-17(7-8-17)11-19-16-13-3-2-4-14(13)20-15(21-16)12-5-9-18-10-6-12/h5-6,9-10H,2-4,7-8,11H2,1H3,(H,19,20,21). The second-order valence-electron chi connectivity index (χ2n) is 6.15. The van der Waals surface area contributed by atoms with Gasteiger partial charge in [0.2, 0.25) is 0 Å². The molecule has 0 spiro atoms. The highest BCUT2D eigenvalue weighted by atomic mass is 32.2. The van der Waals surface area contributed by atoms with E-state index < -0.39 is 0 Å². The van der Waals surface area contributed by atoms with E-state index in [-0.39, 0.29) is 0 Å². The number of hydrogen-bond acceptors (Lipinski definition) is 5. The first-order chi connectivity index (χ1) is 10.8. The normalized spacial score (nSPS) is 18.0. The molecule has 0 aromatic carbocycles. The van der Waals surface area contributed by atoms with Crippen molar-refractivity contribution in [2.45, 2.75) is 36.9 Å². The zero-order chi connectivity index (χ0) is 15.0. The molecule has 0 aliphatic heterocycles. The summed E-state index contributed by atoms with van der Waals surface area (Å²) in [5, 5.41) is 3.62. The first kappa shape index (κ1) is 14.0. The lowest BCUT2D eigenvalue weighted by Gasteiger charge is -2.16. The number of thioether (sulfide) groups is 1. The van der Waals surface area contributed by atoms with Crippen LogP contribution >= 0.6 is 11.8 Å². The average molecular weight is 312 g/mol. The van der Waals surface area contributed by atoms with Gasteiger partial charge in [0, 0.05) is 40.5 Å². The third-order valence-corrected chi connectivity index (χ3v) is 6.11. The van der Waals surface area contributed by atoms with Crippen LogP contribution in [0.15, 0.2) is 24.5 Å². The number of nitrogens with zero attached hydrogens (tertiary/aromatic N) is 3. The molecule has 0 bridgehead atoms. The van der Waals surface area contributed by atoms with Gasteiger partial charge in [-0.2, -0.15) is 11.8 Å². The molecule has 1 N–H and O–H groups in total. The minimum absolute atomic E-state index is 0.438. The fourth-order valence-corrected chi connectivity index (χ4v) is 3.77. The number of aromatic nitrogens is 3. The van der Waals surface area contributed by atoms with Crippen molar-refractivity contribution >= 4 is 17.6 Å². The zero-order valence-electron chi connectivity index (χ0n) is 12.8. The topological polar surface area (TPSA) is 50.7 Å². The summed E-state index contributed by atoms with van der Waals surface area (Å²) in [6, 6.07) is 3.95. The first-order valence-corrected chi connectivity index (χ1v) is 9.11. The molecule has 4 nitrogen and oxygen atoms in total. The van der Waals surface area contributed by atoms with Crippen molar-refractivity contribution in [3.63, 3.8) is 0 Å². The summed E-state index contributed by atoms with van der Waals surface area (Å²) in [5.41, 5.74) is 3.59. The summed E-state index contributed by atoms with van der Waals surface area (Å²) in [4.78, 5) is 13.7. The number of aryl methyl sites for hydroxylation is 1. The van der Waals surface area contributed by atoms with Crippen LogP contribution in [0.4, 0.5) is 5.82 Å². The maximum Gasteiger partial charge on any atom is 0.161 e. The van der Waals surface area contributed by atoms with Gasteiger partial charge in [0.25, 0.3) is 0 Å². The fourth-order valence-electron chi connectivity index (χ4n) is 3.05. The van der Waals surface area contributed by atoms with Gasteiger partial charge < -0.3 is 5.32 Å². The van der Waals surface area contributed by atoms with Crippen molar-refractivity contribution in [1.29, 1.82) is 0 Å². The third-order valence-electron chi connectivity index (χ3n) is 4.69. The predicted octanol–water partition coefficient (Wildman–Crippen LogP) is 3.33. The molecule has 22 heavy (non-hydrogen) atoms. The number of fused-ring (bicyclic) bond motifs is 1. The van der Waals surface area contributed by atoms with E-state index in [0.29, 0.717) is 4.75 Å². The highest BCUT2D eigenvalue weighted by Gasteiger charge is 2.41. The van der Waals surface area contributed by atoms with Gasteiger partial charge in [-0.05, 0) is 50.5 Å². The Labute approximate surface area is 135 Å². The molecular formula is C17H20N4S. The van der Waals surface area contributed by atoms with E-state index in [1.54, 1.807) is 12.4 Å². The Morgan fingerprint density at radius 3 is 2.73 bits per heavy atom. The van der Waals surface area contributed by atoms with Gasteiger partial charge in [0.15, 0.2) is 5.82 Å². The molecule has 114 valence electrons.